The lowest BCUT2D eigenvalue weighted by Crippen LogP contribution is -2.29. The second-order valence-corrected chi connectivity index (χ2v) is 5.84. The molecular weight excluding hydrogens is 403 g/mol. The molecule has 0 saturated carbocycles. The fourth-order valence-electron chi connectivity index (χ4n) is 1.72. The standard InChI is InChI=1S/C13H15IN4O2S/c1-2-18-11(16-17-13(18)21)7-15-12(19)8-20-10-5-3-9(14)4-6-10/h3-6H,2,7-8H2,1H3,(H,15,19)(H,17,21). The predicted octanol–water partition coefficient (Wildman–Crippen LogP) is 2.26. The number of benzene rings is 1. The molecule has 0 atom stereocenters. The van der Waals surface area contributed by atoms with Gasteiger partial charge >= 0.3 is 0 Å². The lowest BCUT2D eigenvalue weighted by Gasteiger charge is -2.08. The van der Waals surface area contributed by atoms with Gasteiger partial charge in [-0.2, -0.15) is 5.10 Å². The SMILES string of the molecule is CCn1c(CNC(=O)COc2ccc(I)cc2)n[nH]c1=S. The van der Waals surface area contributed by atoms with E-state index in [1.165, 1.54) is 0 Å². The van der Waals surface area contributed by atoms with E-state index in [2.05, 4.69) is 38.1 Å². The number of carbonyl (C=O) groups excluding carboxylic acids is 1. The lowest BCUT2D eigenvalue weighted by molar-refractivity contribution is -0.123. The van der Waals surface area contributed by atoms with E-state index in [4.69, 9.17) is 17.0 Å². The summed E-state index contributed by atoms with van der Waals surface area (Å²) >= 11 is 7.30. The summed E-state index contributed by atoms with van der Waals surface area (Å²) in [7, 11) is 0. The summed E-state index contributed by atoms with van der Waals surface area (Å²) in [6.45, 7) is 2.96. The third-order valence-electron chi connectivity index (χ3n) is 2.78. The highest BCUT2D eigenvalue weighted by molar-refractivity contribution is 14.1. The Labute approximate surface area is 141 Å². The molecule has 1 aromatic heterocycles. The molecule has 1 amide bonds. The fraction of sp³-hybridized carbons (Fsp3) is 0.308. The molecule has 6 nitrogen and oxygen atoms in total. The van der Waals surface area contributed by atoms with E-state index < -0.39 is 0 Å². The van der Waals surface area contributed by atoms with Crippen LogP contribution in [0.4, 0.5) is 0 Å². The number of rotatable bonds is 6. The van der Waals surface area contributed by atoms with Crippen molar-refractivity contribution in [3.05, 3.63) is 38.4 Å². The van der Waals surface area contributed by atoms with Gasteiger partial charge in [0.1, 0.15) is 5.75 Å². The van der Waals surface area contributed by atoms with Crippen LogP contribution in [0.3, 0.4) is 0 Å². The molecule has 2 aromatic rings. The summed E-state index contributed by atoms with van der Waals surface area (Å²) in [5, 5.41) is 9.54. The molecule has 0 unspecified atom stereocenters. The van der Waals surface area contributed by atoms with Crippen molar-refractivity contribution in [2.24, 2.45) is 0 Å². The Hall–Kier alpha value is -1.42. The number of hydrogen-bond acceptors (Lipinski definition) is 4. The van der Waals surface area contributed by atoms with Crippen LogP contribution in [0.2, 0.25) is 0 Å². The molecule has 0 aliphatic heterocycles. The molecule has 0 radical (unpaired) electrons. The van der Waals surface area contributed by atoms with Gasteiger partial charge in [-0.05, 0) is 66.0 Å². The van der Waals surface area contributed by atoms with Gasteiger partial charge in [-0.25, -0.2) is 0 Å². The molecule has 0 aliphatic carbocycles. The van der Waals surface area contributed by atoms with Crippen LogP contribution in [0.1, 0.15) is 12.7 Å². The third-order valence-corrected chi connectivity index (χ3v) is 3.81. The Bertz CT molecular complexity index is 666. The van der Waals surface area contributed by atoms with Crippen molar-refractivity contribution in [1.82, 2.24) is 20.1 Å². The van der Waals surface area contributed by atoms with Crippen LogP contribution in [0.15, 0.2) is 24.3 Å². The van der Waals surface area contributed by atoms with Crippen molar-refractivity contribution in [2.45, 2.75) is 20.0 Å². The minimum atomic E-state index is -0.204. The normalized spacial score (nSPS) is 10.4. The number of H-pyrrole nitrogens is 1. The van der Waals surface area contributed by atoms with Crippen molar-refractivity contribution in [3.63, 3.8) is 0 Å². The van der Waals surface area contributed by atoms with E-state index in [1.807, 2.05) is 35.8 Å². The van der Waals surface area contributed by atoms with E-state index in [-0.39, 0.29) is 12.5 Å². The summed E-state index contributed by atoms with van der Waals surface area (Å²) < 4.78 is 8.90. The molecular formula is C13H15IN4O2S. The third kappa shape index (κ3) is 4.53. The monoisotopic (exact) mass is 418 g/mol. The van der Waals surface area contributed by atoms with Crippen molar-refractivity contribution in [3.8, 4) is 5.75 Å². The Morgan fingerprint density at radius 2 is 2.19 bits per heavy atom. The Balaban J connectivity index is 1.82. The predicted molar refractivity (Wildman–Crippen MR) is 89.6 cm³/mol. The van der Waals surface area contributed by atoms with Crippen molar-refractivity contribution in [2.75, 3.05) is 6.61 Å². The Morgan fingerprint density at radius 1 is 1.48 bits per heavy atom. The molecule has 1 heterocycles. The Morgan fingerprint density at radius 3 is 2.86 bits per heavy atom. The molecule has 21 heavy (non-hydrogen) atoms. The van der Waals surface area contributed by atoms with Crippen LogP contribution in [-0.4, -0.2) is 27.3 Å². The van der Waals surface area contributed by atoms with Gasteiger partial charge in [0.2, 0.25) is 0 Å². The minimum absolute atomic E-state index is 0.0299. The van der Waals surface area contributed by atoms with Gasteiger partial charge in [0.05, 0.1) is 6.54 Å². The lowest BCUT2D eigenvalue weighted by atomic mass is 10.3. The van der Waals surface area contributed by atoms with Crippen LogP contribution in [-0.2, 0) is 17.9 Å². The maximum Gasteiger partial charge on any atom is 0.258 e. The molecule has 0 spiro atoms. The number of halogens is 1. The first-order valence-electron chi connectivity index (χ1n) is 6.39. The average molecular weight is 418 g/mol. The highest BCUT2D eigenvalue weighted by Crippen LogP contribution is 2.13. The summed E-state index contributed by atoms with van der Waals surface area (Å²) in [5.74, 6) is 1.16. The fourth-order valence-corrected chi connectivity index (χ4v) is 2.36. The van der Waals surface area contributed by atoms with Gasteiger partial charge in [0.15, 0.2) is 17.2 Å². The van der Waals surface area contributed by atoms with E-state index in [0.717, 1.165) is 3.57 Å². The molecule has 2 N–H and O–H groups in total. The molecule has 0 bridgehead atoms. The molecule has 0 fully saturated rings. The smallest absolute Gasteiger partial charge is 0.258 e. The van der Waals surface area contributed by atoms with Crippen molar-refractivity contribution >= 4 is 40.7 Å². The second kappa shape index (κ2) is 7.55. The zero-order valence-electron chi connectivity index (χ0n) is 11.4. The van der Waals surface area contributed by atoms with E-state index in [1.54, 1.807) is 0 Å². The van der Waals surface area contributed by atoms with Crippen LogP contribution in [0.25, 0.3) is 0 Å². The molecule has 0 saturated heterocycles. The second-order valence-electron chi connectivity index (χ2n) is 4.21. The summed E-state index contributed by atoms with van der Waals surface area (Å²) in [6, 6.07) is 7.51. The molecule has 0 aliphatic rings. The number of ether oxygens (including phenoxy) is 1. The van der Waals surface area contributed by atoms with Gasteiger partial charge in [-0.3, -0.25) is 9.89 Å². The van der Waals surface area contributed by atoms with Gasteiger partial charge in [0.25, 0.3) is 5.91 Å². The van der Waals surface area contributed by atoms with Crippen LogP contribution in [0.5, 0.6) is 5.75 Å². The molecule has 2 rings (SSSR count). The quantitative estimate of drug-likeness (QED) is 0.558. The number of nitrogens with one attached hydrogen (secondary N) is 2. The first-order valence-corrected chi connectivity index (χ1v) is 7.88. The van der Waals surface area contributed by atoms with Crippen LogP contribution >= 0.6 is 34.8 Å². The maximum absolute atomic E-state index is 11.8. The van der Waals surface area contributed by atoms with E-state index in [9.17, 15) is 4.79 Å². The maximum atomic E-state index is 11.8. The summed E-state index contributed by atoms with van der Waals surface area (Å²) in [6.07, 6.45) is 0. The number of carbonyl (C=O) groups is 1. The largest absolute Gasteiger partial charge is 0.484 e. The van der Waals surface area contributed by atoms with Gasteiger partial charge in [0, 0.05) is 10.1 Å². The topological polar surface area (TPSA) is 71.9 Å². The Kier molecular flexibility index (Phi) is 5.74. The average Bonchev–Trinajstić information content (AvgIpc) is 2.84. The molecule has 8 heteroatoms. The van der Waals surface area contributed by atoms with Gasteiger partial charge < -0.3 is 14.6 Å². The first kappa shape index (κ1) is 16.0. The number of amides is 1. The van der Waals surface area contributed by atoms with Crippen molar-refractivity contribution in [1.29, 1.82) is 0 Å². The van der Waals surface area contributed by atoms with Crippen molar-refractivity contribution < 1.29 is 9.53 Å². The number of hydrogen-bond donors (Lipinski definition) is 2. The number of aromatic nitrogens is 3. The number of aromatic amines is 1. The highest BCUT2D eigenvalue weighted by atomic mass is 127. The van der Waals surface area contributed by atoms with Crippen LogP contribution < -0.4 is 10.1 Å². The van der Waals surface area contributed by atoms with Gasteiger partial charge in [-0.15, -0.1) is 0 Å². The molecule has 112 valence electrons. The molecule has 1 aromatic carbocycles. The van der Waals surface area contributed by atoms with Crippen LogP contribution in [0, 0.1) is 8.34 Å². The van der Waals surface area contributed by atoms with Gasteiger partial charge in [-0.1, -0.05) is 0 Å². The summed E-state index contributed by atoms with van der Waals surface area (Å²) in [4.78, 5) is 11.8. The highest BCUT2D eigenvalue weighted by Gasteiger charge is 2.07. The zero-order chi connectivity index (χ0) is 15.2. The number of nitrogens with zero attached hydrogens (tertiary/aromatic N) is 2. The first-order chi connectivity index (χ1) is 10.1. The summed E-state index contributed by atoms with van der Waals surface area (Å²) in [5.41, 5.74) is 0. The minimum Gasteiger partial charge on any atom is -0.484 e. The van der Waals surface area contributed by atoms with E-state index >= 15 is 0 Å². The zero-order valence-corrected chi connectivity index (χ0v) is 14.4. The van der Waals surface area contributed by atoms with E-state index in [0.29, 0.717) is 29.4 Å².